The lowest BCUT2D eigenvalue weighted by atomic mass is 10.2. The molecule has 7 nitrogen and oxygen atoms in total. The molecule has 0 radical (unpaired) electrons. The standard InChI is InChI=1S/C11H9FN4O3S2/c1-6(21-11-15-13-5-20-11)10(17)14-7-2-3-8(12)9(4-7)16(18)19/h2-6H,1H3,(H,14,17)/t6-/m1/s1. The van der Waals surface area contributed by atoms with Gasteiger partial charge in [-0.25, -0.2) is 0 Å². The summed E-state index contributed by atoms with van der Waals surface area (Å²) >= 11 is 2.52. The fourth-order valence-corrected chi connectivity index (χ4v) is 3.02. The number of nitro groups is 1. The molecule has 0 saturated carbocycles. The molecule has 0 aliphatic heterocycles. The largest absolute Gasteiger partial charge is 0.325 e. The molecule has 2 aromatic rings. The molecule has 0 fully saturated rings. The highest BCUT2D eigenvalue weighted by atomic mass is 32.2. The molecule has 0 saturated heterocycles. The van der Waals surface area contributed by atoms with Crippen LogP contribution in [-0.4, -0.2) is 26.3 Å². The van der Waals surface area contributed by atoms with Crippen LogP contribution in [0.2, 0.25) is 0 Å². The number of amides is 1. The Morgan fingerprint density at radius 2 is 2.33 bits per heavy atom. The first-order chi connectivity index (χ1) is 9.97. The number of rotatable bonds is 5. The molecule has 0 spiro atoms. The highest BCUT2D eigenvalue weighted by molar-refractivity contribution is 8.02. The predicted octanol–water partition coefficient (Wildman–Crippen LogP) is 2.70. The summed E-state index contributed by atoms with van der Waals surface area (Å²) in [6.07, 6.45) is 0. The van der Waals surface area contributed by atoms with Crippen LogP contribution in [0.15, 0.2) is 28.0 Å². The van der Waals surface area contributed by atoms with Crippen molar-refractivity contribution in [2.45, 2.75) is 16.5 Å². The molecule has 0 bridgehead atoms. The minimum Gasteiger partial charge on any atom is -0.325 e. The predicted molar refractivity (Wildman–Crippen MR) is 76.9 cm³/mol. The fourth-order valence-electron chi connectivity index (χ4n) is 1.39. The van der Waals surface area contributed by atoms with Crippen LogP contribution < -0.4 is 5.32 Å². The fraction of sp³-hybridized carbons (Fsp3) is 0.182. The van der Waals surface area contributed by atoms with Gasteiger partial charge >= 0.3 is 5.69 Å². The number of halogens is 1. The van der Waals surface area contributed by atoms with E-state index in [2.05, 4.69) is 15.5 Å². The monoisotopic (exact) mass is 328 g/mol. The summed E-state index contributed by atoms with van der Waals surface area (Å²) in [5.41, 5.74) is 1.03. The molecule has 0 aliphatic carbocycles. The van der Waals surface area contributed by atoms with E-state index in [1.807, 2.05) is 0 Å². The van der Waals surface area contributed by atoms with Crippen molar-refractivity contribution in [1.29, 1.82) is 0 Å². The number of carbonyl (C=O) groups is 1. The number of nitrogens with one attached hydrogen (secondary N) is 1. The van der Waals surface area contributed by atoms with Gasteiger partial charge in [-0.2, -0.15) is 4.39 Å². The first-order valence-electron chi connectivity index (χ1n) is 5.65. The van der Waals surface area contributed by atoms with Gasteiger partial charge in [0, 0.05) is 11.8 Å². The van der Waals surface area contributed by atoms with Crippen molar-refractivity contribution in [2.24, 2.45) is 0 Å². The van der Waals surface area contributed by atoms with Crippen molar-refractivity contribution in [3.8, 4) is 0 Å². The molecule has 1 N–H and O–H groups in total. The number of thioether (sulfide) groups is 1. The summed E-state index contributed by atoms with van der Waals surface area (Å²) in [5, 5.41) is 20.1. The van der Waals surface area contributed by atoms with Crippen molar-refractivity contribution >= 4 is 40.4 Å². The first kappa shape index (κ1) is 15.3. The number of benzene rings is 1. The molecule has 110 valence electrons. The Balaban J connectivity index is 2.05. The Labute approximate surface area is 126 Å². The quantitative estimate of drug-likeness (QED) is 0.515. The van der Waals surface area contributed by atoms with Crippen LogP contribution in [0.4, 0.5) is 15.8 Å². The van der Waals surface area contributed by atoms with Gasteiger partial charge in [0.05, 0.1) is 10.2 Å². The Hall–Kier alpha value is -2.07. The van der Waals surface area contributed by atoms with Crippen LogP contribution in [0.3, 0.4) is 0 Å². The van der Waals surface area contributed by atoms with Crippen molar-refractivity contribution in [2.75, 3.05) is 5.32 Å². The maximum Gasteiger partial charge on any atom is 0.306 e. The second-order valence-corrected chi connectivity index (χ2v) is 6.30. The van der Waals surface area contributed by atoms with Gasteiger partial charge in [-0.3, -0.25) is 14.9 Å². The number of carbonyl (C=O) groups excluding carboxylic acids is 1. The van der Waals surface area contributed by atoms with E-state index in [0.29, 0.717) is 4.34 Å². The molecular weight excluding hydrogens is 319 g/mol. The van der Waals surface area contributed by atoms with Gasteiger partial charge in [0.15, 0.2) is 4.34 Å². The number of hydrogen-bond donors (Lipinski definition) is 1. The summed E-state index contributed by atoms with van der Waals surface area (Å²) in [6.45, 7) is 1.67. The molecule has 1 amide bonds. The Bertz CT molecular complexity index is 665. The minimum absolute atomic E-state index is 0.165. The van der Waals surface area contributed by atoms with Gasteiger partial charge in [0.25, 0.3) is 0 Å². The van der Waals surface area contributed by atoms with Gasteiger partial charge in [-0.05, 0) is 19.1 Å². The first-order valence-corrected chi connectivity index (χ1v) is 7.41. The molecule has 1 aromatic heterocycles. The summed E-state index contributed by atoms with van der Waals surface area (Å²) in [7, 11) is 0. The second kappa shape index (κ2) is 6.59. The molecular formula is C11H9FN4O3S2. The van der Waals surface area contributed by atoms with Gasteiger partial charge in [0.1, 0.15) is 5.51 Å². The Morgan fingerprint density at radius 1 is 1.57 bits per heavy atom. The SMILES string of the molecule is C[C@@H](Sc1nncs1)C(=O)Nc1ccc(F)c([N+](=O)[O-])c1. The number of aromatic nitrogens is 2. The Kier molecular flexibility index (Phi) is 4.81. The van der Waals surface area contributed by atoms with E-state index < -0.39 is 21.7 Å². The van der Waals surface area contributed by atoms with Crippen molar-refractivity contribution < 1.29 is 14.1 Å². The van der Waals surface area contributed by atoms with Crippen LogP contribution in [0.1, 0.15) is 6.92 Å². The lowest BCUT2D eigenvalue weighted by molar-refractivity contribution is -0.387. The molecule has 2 rings (SSSR count). The average Bonchev–Trinajstić information content (AvgIpc) is 2.93. The van der Waals surface area contributed by atoms with E-state index in [9.17, 15) is 19.3 Å². The molecule has 21 heavy (non-hydrogen) atoms. The van der Waals surface area contributed by atoms with Crippen molar-refractivity contribution in [1.82, 2.24) is 10.2 Å². The number of hydrogen-bond acceptors (Lipinski definition) is 7. The van der Waals surface area contributed by atoms with Gasteiger partial charge in [0.2, 0.25) is 11.7 Å². The van der Waals surface area contributed by atoms with Crippen LogP contribution >= 0.6 is 23.1 Å². The van der Waals surface area contributed by atoms with E-state index in [0.717, 1.165) is 12.1 Å². The van der Waals surface area contributed by atoms with Gasteiger partial charge < -0.3 is 5.32 Å². The smallest absolute Gasteiger partial charge is 0.306 e. The third kappa shape index (κ3) is 3.95. The summed E-state index contributed by atoms with van der Waals surface area (Å²) in [5.74, 6) is -1.31. The average molecular weight is 328 g/mol. The van der Waals surface area contributed by atoms with E-state index in [1.165, 1.54) is 29.2 Å². The summed E-state index contributed by atoms with van der Waals surface area (Å²) in [4.78, 5) is 21.8. The van der Waals surface area contributed by atoms with Gasteiger partial charge in [-0.1, -0.05) is 23.1 Å². The van der Waals surface area contributed by atoms with Crippen LogP contribution in [0.25, 0.3) is 0 Å². The third-order valence-electron chi connectivity index (χ3n) is 2.40. The maximum absolute atomic E-state index is 13.2. The second-order valence-electron chi connectivity index (χ2n) is 3.88. The van der Waals surface area contributed by atoms with Crippen molar-refractivity contribution in [3.63, 3.8) is 0 Å². The molecule has 0 aliphatic rings. The molecule has 10 heteroatoms. The lowest BCUT2D eigenvalue weighted by Gasteiger charge is -2.10. The minimum atomic E-state index is -0.950. The summed E-state index contributed by atoms with van der Waals surface area (Å²) < 4.78 is 13.8. The molecule has 1 aromatic carbocycles. The normalized spacial score (nSPS) is 11.9. The molecule has 1 atom stereocenters. The van der Waals surface area contributed by atoms with E-state index in [4.69, 9.17) is 0 Å². The lowest BCUT2D eigenvalue weighted by Crippen LogP contribution is -2.22. The number of anilines is 1. The summed E-state index contributed by atoms with van der Waals surface area (Å²) in [6, 6.07) is 3.19. The zero-order valence-electron chi connectivity index (χ0n) is 10.6. The molecule has 0 unspecified atom stereocenters. The van der Waals surface area contributed by atoms with Crippen LogP contribution in [-0.2, 0) is 4.79 Å². The maximum atomic E-state index is 13.2. The highest BCUT2D eigenvalue weighted by Gasteiger charge is 2.19. The third-order valence-corrected chi connectivity index (χ3v) is 4.31. The van der Waals surface area contributed by atoms with E-state index in [1.54, 1.807) is 12.4 Å². The van der Waals surface area contributed by atoms with Gasteiger partial charge in [-0.15, -0.1) is 10.2 Å². The van der Waals surface area contributed by atoms with Crippen molar-refractivity contribution in [3.05, 3.63) is 39.6 Å². The van der Waals surface area contributed by atoms with Crippen LogP contribution in [0.5, 0.6) is 0 Å². The van der Waals surface area contributed by atoms with Crippen LogP contribution in [0, 0.1) is 15.9 Å². The van der Waals surface area contributed by atoms with E-state index in [-0.39, 0.29) is 11.6 Å². The highest BCUT2D eigenvalue weighted by Crippen LogP contribution is 2.26. The molecule has 1 heterocycles. The zero-order valence-corrected chi connectivity index (χ0v) is 12.3. The number of nitro benzene ring substituents is 1. The Morgan fingerprint density at radius 3 is 2.95 bits per heavy atom. The topological polar surface area (TPSA) is 98.0 Å². The number of nitrogens with zero attached hydrogens (tertiary/aromatic N) is 3. The van der Waals surface area contributed by atoms with E-state index >= 15 is 0 Å². The zero-order chi connectivity index (χ0) is 15.4.